The summed E-state index contributed by atoms with van der Waals surface area (Å²) in [6.07, 6.45) is 3.42. The van der Waals surface area contributed by atoms with Crippen molar-refractivity contribution in [2.75, 3.05) is 17.2 Å². The van der Waals surface area contributed by atoms with Crippen LogP contribution in [0.25, 0.3) is 0 Å². The van der Waals surface area contributed by atoms with Crippen molar-refractivity contribution < 1.29 is 4.79 Å². The summed E-state index contributed by atoms with van der Waals surface area (Å²) in [5.41, 5.74) is 2.08. The van der Waals surface area contributed by atoms with Gasteiger partial charge in [-0.05, 0) is 43.2 Å². The standard InChI is InChI=1S/C17H25N3O/c1-11-7-8-13(9-12(11)2)19-17(21)16-10-18-14-5-3-4-6-15(14)20-16/h3-6,11-13,16,18,20H,7-10H2,1-2H3,(H,19,21). The van der Waals surface area contributed by atoms with Crippen LogP contribution in [0.15, 0.2) is 24.3 Å². The van der Waals surface area contributed by atoms with Gasteiger partial charge in [0, 0.05) is 12.6 Å². The van der Waals surface area contributed by atoms with E-state index in [0.29, 0.717) is 18.5 Å². The second-order valence-corrected chi connectivity index (χ2v) is 6.60. The summed E-state index contributed by atoms with van der Waals surface area (Å²) in [6, 6.07) is 8.17. The van der Waals surface area contributed by atoms with Crippen LogP contribution in [0.4, 0.5) is 11.4 Å². The van der Waals surface area contributed by atoms with Gasteiger partial charge in [0.25, 0.3) is 0 Å². The van der Waals surface area contributed by atoms with Crippen LogP contribution >= 0.6 is 0 Å². The number of para-hydroxylation sites is 2. The molecule has 3 rings (SSSR count). The lowest BCUT2D eigenvalue weighted by Gasteiger charge is -2.34. The topological polar surface area (TPSA) is 53.2 Å². The van der Waals surface area contributed by atoms with Gasteiger partial charge in [0.2, 0.25) is 5.91 Å². The Labute approximate surface area is 126 Å². The number of carbonyl (C=O) groups is 1. The van der Waals surface area contributed by atoms with Crippen LogP contribution in [0, 0.1) is 11.8 Å². The molecule has 1 heterocycles. The average Bonchev–Trinajstić information content (AvgIpc) is 2.50. The molecule has 0 aromatic heterocycles. The van der Waals surface area contributed by atoms with Gasteiger partial charge >= 0.3 is 0 Å². The molecule has 114 valence electrons. The predicted octanol–water partition coefficient (Wildman–Crippen LogP) is 2.83. The van der Waals surface area contributed by atoms with Gasteiger partial charge < -0.3 is 16.0 Å². The summed E-state index contributed by atoms with van der Waals surface area (Å²) >= 11 is 0. The molecule has 0 saturated heterocycles. The Hall–Kier alpha value is -1.71. The highest BCUT2D eigenvalue weighted by molar-refractivity contribution is 5.88. The van der Waals surface area contributed by atoms with E-state index in [9.17, 15) is 4.79 Å². The Morgan fingerprint density at radius 2 is 1.90 bits per heavy atom. The van der Waals surface area contributed by atoms with Crippen molar-refractivity contribution in [3.05, 3.63) is 24.3 Å². The van der Waals surface area contributed by atoms with Gasteiger partial charge in [-0.15, -0.1) is 0 Å². The molecule has 1 fully saturated rings. The van der Waals surface area contributed by atoms with Crippen molar-refractivity contribution >= 4 is 17.3 Å². The van der Waals surface area contributed by atoms with E-state index in [2.05, 4.69) is 29.8 Å². The molecule has 4 atom stereocenters. The summed E-state index contributed by atoms with van der Waals surface area (Å²) in [7, 11) is 0. The van der Waals surface area contributed by atoms with Gasteiger partial charge in [-0.3, -0.25) is 4.79 Å². The fraction of sp³-hybridized carbons (Fsp3) is 0.588. The van der Waals surface area contributed by atoms with Crippen molar-refractivity contribution in [2.24, 2.45) is 11.8 Å². The fourth-order valence-corrected chi connectivity index (χ4v) is 3.35. The molecule has 4 unspecified atom stereocenters. The molecule has 0 radical (unpaired) electrons. The van der Waals surface area contributed by atoms with E-state index in [0.717, 1.165) is 30.1 Å². The first-order chi connectivity index (χ1) is 10.1. The lowest BCUT2D eigenvalue weighted by molar-refractivity contribution is -0.122. The van der Waals surface area contributed by atoms with Gasteiger partial charge in [-0.25, -0.2) is 0 Å². The van der Waals surface area contributed by atoms with Crippen molar-refractivity contribution in [1.82, 2.24) is 5.32 Å². The number of hydrogen-bond acceptors (Lipinski definition) is 3. The van der Waals surface area contributed by atoms with Crippen LogP contribution < -0.4 is 16.0 Å². The van der Waals surface area contributed by atoms with Crippen LogP contribution in [0.5, 0.6) is 0 Å². The maximum Gasteiger partial charge on any atom is 0.244 e. The van der Waals surface area contributed by atoms with E-state index in [1.165, 1.54) is 6.42 Å². The number of rotatable bonds is 2. The van der Waals surface area contributed by atoms with Gasteiger partial charge in [-0.2, -0.15) is 0 Å². The molecule has 4 nitrogen and oxygen atoms in total. The highest BCUT2D eigenvalue weighted by Gasteiger charge is 2.29. The quantitative estimate of drug-likeness (QED) is 0.784. The van der Waals surface area contributed by atoms with Crippen LogP contribution in [0.2, 0.25) is 0 Å². The first-order valence-corrected chi connectivity index (χ1v) is 8.03. The molecular formula is C17H25N3O. The molecule has 2 aliphatic rings. The maximum absolute atomic E-state index is 12.5. The zero-order valence-electron chi connectivity index (χ0n) is 12.9. The molecule has 1 saturated carbocycles. The number of hydrogen-bond donors (Lipinski definition) is 3. The summed E-state index contributed by atoms with van der Waals surface area (Å²) in [4.78, 5) is 12.5. The van der Waals surface area contributed by atoms with E-state index in [1.54, 1.807) is 0 Å². The Morgan fingerprint density at radius 1 is 1.14 bits per heavy atom. The van der Waals surface area contributed by atoms with Gasteiger partial charge in [0.1, 0.15) is 6.04 Å². The van der Waals surface area contributed by atoms with E-state index in [-0.39, 0.29) is 11.9 Å². The molecule has 1 aliphatic heterocycles. The summed E-state index contributed by atoms with van der Waals surface area (Å²) in [6.45, 7) is 5.24. The summed E-state index contributed by atoms with van der Waals surface area (Å²) in [5.74, 6) is 1.59. The van der Waals surface area contributed by atoms with E-state index in [4.69, 9.17) is 0 Å². The SMILES string of the molecule is CC1CCC(NC(=O)C2CNc3ccccc3N2)CC1C. The second kappa shape index (κ2) is 5.96. The molecule has 0 bridgehead atoms. The number of amides is 1. The Balaban J connectivity index is 1.57. The number of carbonyl (C=O) groups excluding carboxylic acids is 1. The smallest absolute Gasteiger partial charge is 0.244 e. The second-order valence-electron chi connectivity index (χ2n) is 6.60. The third kappa shape index (κ3) is 3.14. The van der Waals surface area contributed by atoms with E-state index in [1.807, 2.05) is 24.3 Å². The van der Waals surface area contributed by atoms with Crippen molar-refractivity contribution in [1.29, 1.82) is 0 Å². The lowest BCUT2D eigenvalue weighted by Crippen LogP contribution is -2.50. The Kier molecular flexibility index (Phi) is 4.04. The Morgan fingerprint density at radius 3 is 2.67 bits per heavy atom. The molecule has 4 heteroatoms. The molecule has 1 aromatic carbocycles. The number of nitrogens with one attached hydrogen (secondary N) is 3. The van der Waals surface area contributed by atoms with E-state index < -0.39 is 0 Å². The normalized spacial score (nSPS) is 31.5. The van der Waals surface area contributed by atoms with Gasteiger partial charge in [-0.1, -0.05) is 26.0 Å². The van der Waals surface area contributed by atoms with Crippen LogP contribution in [-0.2, 0) is 4.79 Å². The zero-order chi connectivity index (χ0) is 14.8. The van der Waals surface area contributed by atoms with Crippen molar-refractivity contribution in [2.45, 2.75) is 45.2 Å². The van der Waals surface area contributed by atoms with Gasteiger partial charge in [0.15, 0.2) is 0 Å². The highest BCUT2D eigenvalue weighted by atomic mass is 16.2. The third-order valence-electron chi connectivity index (χ3n) is 5.01. The minimum atomic E-state index is -0.186. The van der Waals surface area contributed by atoms with Crippen molar-refractivity contribution in [3.8, 4) is 0 Å². The molecule has 3 N–H and O–H groups in total. The number of anilines is 2. The first kappa shape index (κ1) is 14.2. The predicted molar refractivity (Wildman–Crippen MR) is 86.5 cm³/mol. The van der Waals surface area contributed by atoms with Crippen molar-refractivity contribution in [3.63, 3.8) is 0 Å². The zero-order valence-corrected chi connectivity index (χ0v) is 12.9. The monoisotopic (exact) mass is 287 g/mol. The highest BCUT2D eigenvalue weighted by Crippen LogP contribution is 2.30. The minimum absolute atomic E-state index is 0.115. The Bertz CT molecular complexity index is 517. The third-order valence-corrected chi connectivity index (χ3v) is 5.01. The minimum Gasteiger partial charge on any atom is -0.381 e. The van der Waals surface area contributed by atoms with Gasteiger partial charge in [0.05, 0.1) is 11.4 Å². The largest absolute Gasteiger partial charge is 0.381 e. The average molecular weight is 287 g/mol. The fourth-order valence-electron chi connectivity index (χ4n) is 3.35. The molecular weight excluding hydrogens is 262 g/mol. The number of fused-ring (bicyclic) bond motifs is 1. The summed E-state index contributed by atoms with van der Waals surface area (Å²) < 4.78 is 0. The summed E-state index contributed by atoms with van der Waals surface area (Å²) in [5, 5.41) is 9.88. The first-order valence-electron chi connectivity index (χ1n) is 8.03. The molecule has 1 aliphatic carbocycles. The maximum atomic E-state index is 12.5. The van der Waals surface area contributed by atoms with Crippen LogP contribution in [0.1, 0.15) is 33.1 Å². The molecule has 0 spiro atoms. The lowest BCUT2D eigenvalue weighted by atomic mass is 9.79. The molecule has 21 heavy (non-hydrogen) atoms. The molecule has 1 amide bonds. The van der Waals surface area contributed by atoms with E-state index >= 15 is 0 Å². The molecule has 1 aromatic rings. The number of benzene rings is 1. The van der Waals surface area contributed by atoms with Crippen LogP contribution in [-0.4, -0.2) is 24.5 Å². The van der Waals surface area contributed by atoms with Crippen LogP contribution in [0.3, 0.4) is 0 Å².